The first-order valence-corrected chi connectivity index (χ1v) is 11.0. The molecule has 1 saturated heterocycles. The molecule has 1 fully saturated rings. The van der Waals surface area contributed by atoms with Crippen molar-refractivity contribution in [2.24, 2.45) is 0 Å². The standard InChI is InChI=1S/C27H27N3O4/c1-18(19-9-11-21(12-10-19)20-7-5-4-6-8-20)28-24(31)17-30-25(32)27(2,29-26(30)33)22-13-15-23(34-3)16-14-22/h4-16,18H,17H2,1-3H3,(H,28,31)(H,29,33)/t18-,27+/m1/s1. The van der Waals surface area contributed by atoms with Crippen LogP contribution in [0.25, 0.3) is 11.1 Å². The third-order valence-electron chi connectivity index (χ3n) is 6.14. The molecule has 174 valence electrons. The topological polar surface area (TPSA) is 87.7 Å². The maximum Gasteiger partial charge on any atom is 0.325 e. The number of methoxy groups -OCH3 is 1. The van der Waals surface area contributed by atoms with Gasteiger partial charge in [-0.25, -0.2) is 4.79 Å². The van der Waals surface area contributed by atoms with Crippen LogP contribution in [-0.2, 0) is 15.1 Å². The lowest BCUT2D eigenvalue weighted by Crippen LogP contribution is -2.43. The van der Waals surface area contributed by atoms with Gasteiger partial charge in [-0.05, 0) is 48.2 Å². The average molecular weight is 458 g/mol. The largest absolute Gasteiger partial charge is 0.497 e. The molecule has 2 N–H and O–H groups in total. The number of carbonyl (C=O) groups is 3. The first-order valence-electron chi connectivity index (χ1n) is 11.0. The van der Waals surface area contributed by atoms with Crippen molar-refractivity contribution in [2.45, 2.75) is 25.4 Å². The number of nitrogens with zero attached hydrogens (tertiary/aromatic N) is 1. The third kappa shape index (κ3) is 4.50. The molecule has 7 nitrogen and oxygen atoms in total. The molecule has 4 amide bonds. The maximum absolute atomic E-state index is 13.1. The zero-order chi connectivity index (χ0) is 24.3. The van der Waals surface area contributed by atoms with Gasteiger partial charge in [-0.15, -0.1) is 0 Å². The van der Waals surface area contributed by atoms with E-state index in [4.69, 9.17) is 4.74 Å². The van der Waals surface area contributed by atoms with Gasteiger partial charge >= 0.3 is 6.03 Å². The Bertz CT molecular complexity index is 1190. The minimum Gasteiger partial charge on any atom is -0.497 e. The fourth-order valence-electron chi connectivity index (χ4n) is 4.07. The number of amides is 4. The smallest absolute Gasteiger partial charge is 0.325 e. The molecule has 7 heteroatoms. The lowest BCUT2D eigenvalue weighted by atomic mass is 9.92. The van der Waals surface area contributed by atoms with Gasteiger partial charge in [0.1, 0.15) is 17.8 Å². The Labute approximate surface area is 198 Å². The van der Waals surface area contributed by atoms with Crippen LogP contribution in [0, 0.1) is 0 Å². The lowest BCUT2D eigenvalue weighted by molar-refractivity contribution is -0.135. The highest BCUT2D eigenvalue weighted by Gasteiger charge is 2.49. The number of imide groups is 1. The number of benzene rings is 3. The first kappa shape index (κ1) is 23.0. The monoisotopic (exact) mass is 457 g/mol. The van der Waals surface area contributed by atoms with Gasteiger partial charge in [0.05, 0.1) is 13.2 Å². The molecule has 1 aliphatic rings. The molecule has 1 aliphatic heterocycles. The van der Waals surface area contributed by atoms with Crippen LogP contribution >= 0.6 is 0 Å². The molecule has 0 radical (unpaired) electrons. The van der Waals surface area contributed by atoms with Gasteiger partial charge < -0.3 is 15.4 Å². The summed E-state index contributed by atoms with van der Waals surface area (Å²) in [6, 6.07) is 24.0. The van der Waals surface area contributed by atoms with E-state index in [-0.39, 0.29) is 12.6 Å². The van der Waals surface area contributed by atoms with Crippen molar-refractivity contribution in [3.63, 3.8) is 0 Å². The van der Waals surface area contributed by atoms with Crippen molar-refractivity contribution in [1.82, 2.24) is 15.5 Å². The van der Waals surface area contributed by atoms with E-state index in [2.05, 4.69) is 10.6 Å². The summed E-state index contributed by atoms with van der Waals surface area (Å²) >= 11 is 0. The predicted molar refractivity (Wildman–Crippen MR) is 129 cm³/mol. The number of rotatable bonds is 7. The molecular weight excluding hydrogens is 430 g/mol. The van der Waals surface area contributed by atoms with Crippen LogP contribution < -0.4 is 15.4 Å². The summed E-state index contributed by atoms with van der Waals surface area (Å²) in [5.74, 6) is -0.244. The second-order valence-corrected chi connectivity index (χ2v) is 8.45. The van der Waals surface area contributed by atoms with E-state index in [1.54, 1.807) is 38.3 Å². The Morgan fingerprint density at radius 1 is 0.971 bits per heavy atom. The molecular formula is C27H27N3O4. The summed E-state index contributed by atoms with van der Waals surface area (Å²) in [6.45, 7) is 3.13. The average Bonchev–Trinajstić information content (AvgIpc) is 3.08. The highest BCUT2D eigenvalue weighted by molar-refractivity contribution is 6.09. The lowest BCUT2D eigenvalue weighted by Gasteiger charge is -2.22. The Kier molecular flexibility index (Phi) is 6.36. The highest BCUT2D eigenvalue weighted by Crippen LogP contribution is 2.30. The molecule has 0 bridgehead atoms. The molecule has 0 aromatic heterocycles. The maximum atomic E-state index is 13.1. The van der Waals surface area contributed by atoms with Crippen molar-refractivity contribution >= 4 is 17.8 Å². The minimum atomic E-state index is -1.25. The van der Waals surface area contributed by atoms with Crippen molar-refractivity contribution in [2.75, 3.05) is 13.7 Å². The van der Waals surface area contributed by atoms with Crippen LogP contribution in [-0.4, -0.2) is 36.4 Å². The van der Waals surface area contributed by atoms with Crippen molar-refractivity contribution in [3.05, 3.63) is 90.0 Å². The zero-order valence-electron chi connectivity index (χ0n) is 19.4. The molecule has 2 atom stereocenters. The van der Waals surface area contributed by atoms with Gasteiger partial charge in [-0.3, -0.25) is 14.5 Å². The summed E-state index contributed by atoms with van der Waals surface area (Å²) in [4.78, 5) is 39.3. The Hall–Kier alpha value is -4.13. The molecule has 34 heavy (non-hydrogen) atoms. The molecule has 0 saturated carbocycles. The minimum absolute atomic E-state index is 0.286. The Morgan fingerprint density at radius 3 is 2.21 bits per heavy atom. The van der Waals surface area contributed by atoms with E-state index in [1.165, 1.54) is 0 Å². The number of hydrogen-bond acceptors (Lipinski definition) is 4. The summed E-state index contributed by atoms with van der Waals surface area (Å²) in [7, 11) is 1.55. The molecule has 3 aromatic rings. The van der Waals surface area contributed by atoms with Gasteiger partial charge in [0.2, 0.25) is 5.91 Å². The van der Waals surface area contributed by atoms with Gasteiger partial charge in [0.25, 0.3) is 5.91 Å². The van der Waals surface area contributed by atoms with Crippen LogP contribution in [0.2, 0.25) is 0 Å². The number of hydrogen-bond donors (Lipinski definition) is 2. The van der Waals surface area contributed by atoms with E-state index >= 15 is 0 Å². The second kappa shape index (κ2) is 9.39. The molecule has 3 aromatic carbocycles. The van der Waals surface area contributed by atoms with E-state index in [0.29, 0.717) is 11.3 Å². The van der Waals surface area contributed by atoms with Crippen molar-refractivity contribution < 1.29 is 19.1 Å². The highest BCUT2D eigenvalue weighted by atomic mass is 16.5. The van der Waals surface area contributed by atoms with Crippen molar-refractivity contribution in [1.29, 1.82) is 0 Å². The second-order valence-electron chi connectivity index (χ2n) is 8.45. The van der Waals surface area contributed by atoms with Gasteiger partial charge in [0, 0.05) is 0 Å². The zero-order valence-corrected chi connectivity index (χ0v) is 19.4. The van der Waals surface area contributed by atoms with Gasteiger partial charge in [-0.2, -0.15) is 0 Å². The fourth-order valence-corrected chi connectivity index (χ4v) is 4.07. The van der Waals surface area contributed by atoms with Crippen LogP contribution in [0.1, 0.15) is 31.0 Å². The molecule has 1 heterocycles. The molecule has 0 unspecified atom stereocenters. The van der Waals surface area contributed by atoms with Gasteiger partial charge in [-0.1, -0.05) is 66.7 Å². The number of urea groups is 1. The van der Waals surface area contributed by atoms with Crippen LogP contribution in [0.5, 0.6) is 5.75 Å². The summed E-state index contributed by atoms with van der Waals surface area (Å²) < 4.78 is 5.15. The Balaban J connectivity index is 1.40. The van der Waals surface area contributed by atoms with Crippen LogP contribution in [0.4, 0.5) is 4.79 Å². The molecule has 0 spiro atoms. The van der Waals surface area contributed by atoms with Gasteiger partial charge in [0.15, 0.2) is 0 Å². The quantitative estimate of drug-likeness (QED) is 0.525. The first-order chi connectivity index (χ1) is 16.3. The molecule has 0 aliphatic carbocycles. The number of nitrogens with one attached hydrogen (secondary N) is 2. The van der Waals surface area contributed by atoms with E-state index < -0.39 is 23.4 Å². The summed E-state index contributed by atoms with van der Waals surface area (Å²) in [6.07, 6.45) is 0. The number of ether oxygens (including phenoxy) is 1. The van der Waals surface area contributed by atoms with Crippen LogP contribution in [0.3, 0.4) is 0 Å². The number of carbonyl (C=O) groups excluding carboxylic acids is 3. The SMILES string of the molecule is COc1ccc([C@]2(C)NC(=O)N(CC(=O)N[C@H](C)c3ccc(-c4ccccc4)cc3)C2=O)cc1. The predicted octanol–water partition coefficient (Wildman–Crippen LogP) is 4.01. The third-order valence-corrected chi connectivity index (χ3v) is 6.14. The normalized spacial score (nSPS) is 18.4. The molecule has 4 rings (SSSR count). The van der Waals surface area contributed by atoms with E-state index in [9.17, 15) is 14.4 Å². The van der Waals surface area contributed by atoms with Crippen molar-refractivity contribution in [3.8, 4) is 16.9 Å². The fraction of sp³-hybridized carbons (Fsp3) is 0.222. The van der Waals surface area contributed by atoms with Crippen LogP contribution in [0.15, 0.2) is 78.9 Å². The Morgan fingerprint density at radius 2 is 1.59 bits per heavy atom. The van der Waals surface area contributed by atoms with E-state index in [0.717, 1.165) is 21.6 Å². The van der Waals surface area contributed by atoms with E-state index in [1.807, 2.05) is 61.5 Å². The summed E-state index contributed by atoms with van der Waals surface area (Å²) in [5, 5.41) is 5.59. The summed E-state index contributed by atoms with van der Waals surface area (Å²) in [5.41, 5.74) is 2.49.